The molecule has 0 spiro atoms. The highest BCUT2D eigenvalue weighted by Gasteiger charge is 2.14. The Balaban J connectivity index is 2.04. The van der Waals surface area contributed by atoms with Gasteiger partial charge in [0.05, 0.1) is 7.11 Å². The Morgan fingerprint density at radius 1 is 1.12 bits per heavy atom. The van der Waals surface area contributed by atoms with E-state index < -0.39 is 0 Å². The molecule has 1 heterocycles. The molecular weight excluding hydrogens is 202 g/mol. The van der Waals surface area contributed by atoms with Crippen LogP contribution in [0.4, 0.5) is 0 Å². The minimum Gasteiger partial charge on any atom is -0.497 e. The van der Waals surface area contributed by atoms with Gasteiger partial charge in [-0.3, -0.25) is 0 Å². The second-order valence-electron chi connectivity index (χ2n) is 4.25. The molecule has 1 aromatic carbocycles. The molecule has 0 amide bonds. The Hall–Kier alpha value is -1.22. The fourth-order valence-corrected chi connectivity index (χ4v) is 2.01. The van der Waals surface area contributed by atoms with Gasteiger partial charge in [0, 0.05) is 6.07 Å². The maximum absolute atomic E-state index is 5.96. The van der Waals surface area contributed by atoms with Crippen LogP contribution in [0.1, 0.15) is 18.4 Å². The summed E-state index contributed by atoms with van der Waals surface area (Å²) in [5.74, 6) is 1.78. The number of piperidine rings is 1. The van der Waals surface area contributed by atoms with Crippen LogP contribution in [0.15, 0.2) is 18.2 Å². The monoisotopic (exact) mass is 221 g/mol. The summed E-state index contributed by atoms with van der Waals surface area (Å²) in [6, 6.07) is 6.02. The molecule has 0 aliphatic carbocycles. The van der Waals surface area contributed by atoms with Gasteiger partial charge in [-0.2, -0.15) is 0 Å². The molecule has 1 fully saturated rings. The van der Waals surface area contributed by atoms with Crippen LogP contribution in [0, 0.1) is 6.92 Å². The highest BCUT2D eigenvalue weighted by Crippen LogP contribution is 2.24. The normalized spacial score (nSPS) is 17.1. The van der Waals surface area contributed by atoms with E-state index in [9.17, 15) is 0 Å². The third kappa shape index (κ3) is 2.89. The van der Waals surface area contributed by atoms with Gasteiger partial charge in [-0.25, -0.2) is 0 Å². The molecule has 1 N–H and O–H groups in total. The van der Waals surface area contributed by atoms with Gasteiger partial charge in [0.25, 0.3) is 0 Å². The van der Waals surface area contributed by atoms with Crippen molar-refractivity contribution in [3.63, 3.8) is 0 Å². The van der Waals surface area contributed by atoms with E-state index in [1.54, 1.807) is 7.11 Å². The molecule has 3 heteroatoms. The third-order valence-electron chi connectivity index (χ3n) is 2.85. The van der Waals surface area contributed by atoms with E-state index in [0.717, 1.165) is 37.4 Å². The number of methoxy groups -OCH3 is 1. The van der Waals surface area contributed by atoms with Crippen LogP contribution in [0.25, 0.3) is 0 Å². The Kier molecular flexibility index (Phi) is 3.67. The maximum atomic E-state index is 5.96. The van der Waals surface area contributed by atoms with Gasteiger partial charge in [0.15, 0.2) is 0 Å². The third-order valence-corrected chi connectivity index (χ3v) is 2.85. The van der Waals surface area contributed by atoms with E-state index in [1.165, 1.54) is 5.56 Å². The number of hydrogen-bond acceptors (Lipinski definition) is 3. The van der Waals surface area contributed by atoms with Crippen LogP contribution in [0.2, 0.25) is 0 Å². The summed E-state index contributed by atoms with van der Waals surface area (Å²) in [6.07, 6.45) is 2.50. The van der Waals surface area contributed by atoms with E-state index in [-0.39, 0.29) is 0 Å². The van der Waals surface area contributed by atoms with Crippen molar-refractivity contribution in [2.45, 2.75) is 25.9 Å². The molecular formula is C13H19NO2. The fourth-order valence-electron chi connectivity index (χ4n) is 2.01. The number of benzene rings is 1. The molecule has 3 nitrogen and oxygen atoms in total. The van der Waals surface area contributed by atoms with Gasteiger partial charge in [-0.15, -0.1) is 0 Å². The number of ether oxygens (including phenoxy) is 2. The van der Waals surface area contributed by atoms with Gasteiger partial charge in [-0.05, 0) is 50.6 Å². The summed E-state index contributed by atoms with van der Waals surface area (Å²) < 4.78 is 11.2. The van der Waals surface area contributed by atoms with E-state index in [4.69, 9.17) is 9.47 Å². The number of hydrogen-bond donors (Lipinski definition) is 1. The van der Waals surface area contributed by atoms with Gasteiger partial charge in [0.1, 0.15) is 17.6 Å². The van der Waals surface area contributed by atoms with Crippen molar-refractivity contribution in [3.8, 4) is 11.5 Å². The van der Waals surface area contributed by atoms with E-state index in [1.807, 2.05) is 12.1 Å². The van der Waals surface area contributed by atoms with Crippen LogP contribution in [0.5, 0.6) is 11.5 Å². The van der Waals surface area contributed by atoms with Crippen LogP contribution >= 0.6 is 0 Å². The van der Waals surface area contributed by atoms with Crippen molar-refractivity contribution in [2.75, 3.05) is 20.2 Å². The maximum Gasteiger partial charge on any atom is 0.123 e. The Morgan fingerprint density at radius 3 is 2.50 bits per heavy atom. The van der Waals surface area contributed by atoms with Crippen molar-refractivity contribution in [3.05, 3.63) is 23.8 Å². The first-order chi connectivity index (χ1) is 7.78. The zero-order valence-electron chi connectivity index (χ0n) is 9.95. The molecule has 1 saturated heterocycles. The van der Waals surface area contributed by atoms with E-state index >= 15 is 0 Å². The van der Waals surface area contributed by atoms with E-state index in [2.05, 4.69) is 18.3 Å². The summed E-state index contributed by atoms with van der Waals surface area (Å²) in [5.41, 5.74) is 1.17. The summed E-state index contributed by atoms with van der Waals surface area (Å²) in [4.78, 5) is 0. The summed E-state index contributed by atoms with van der Waals surface area (Å²) in [5, 5.41) is 3.33. The first-order valence-corrected chi connectivity index (χ1v) is 5.81. The second-order valence-corrected chi connectivity index (χ2v) is 4.25. The lowest BCUT2D eigenvalue weighted by Crippen LogP contribution is -2.34. The quantitative estimate of drug-likeness (QED) is 0.848. The van der Waals surface area contributed by atoms with Crippen molar-refractivity contribution >= 4 is 0 Å². The van der Waals surface area contributed by atoms with Crippen molar-refractivity contribution in [1.82, 2.24) is 5.32 Å². The van der Waals surface area contributed by atoms with Crippen molar-refractivity contribution < 1.29 is 9.47 Å². The second kappa shape index (κ2) is 5.21. The average Bonchev–Trinajstić information content (AvgIpc) is 2.29. The molecule has 1 aliphatic rings. The summed E-state index contributed by atoms with van der Waals surface area (Å²) in [7, 11) is 1.68. The van der Waals surface area contributed by atoms with Gasteiger partial charge >= 0.3 is 0 Å². The average molecular weight is 221 g/mol. The fraction of sp³-hybridized carbons (Fsp3) is 0.538. The highest BCUT2D eigenvalue weighted by atomic mass is 16.5. The SMILES string of the molecule is COc1cc(C)cc(OC2CCNCC2)c1. The molecule has 2 rings (SSSR count). The largest absolute Gasteiger partial charge is 0.497 e. The van der Waals surface area contributed by atoms with Crippen LogP contribution in [-0.4, -0.2) is 26.3 Å². The number of nitrogens with one attached hydrogen (secondary N) is 1. The lowest BCUT2D eigenvalue weighted by molar-refractivity contribution is 0.162. The summed E-state index contributed by atoms with van der Waals surface area (Å²) in [6.45, 7) is 4.15. The molecule has 0 radical (unpaired) electrons. The predicted molar refractivity (Wildman–Crippen MR) is 64.3 cm³/mol. The molecule has 1 aromatic rings. The van der Waals surface area contributed by atoms with Crippen LogP contribution in [0.3, 0.4) is 0 Å². The first-order valence-electron chi connectivity index (χ1n) is 5.81. The van der Waals surface area contributed by atoms with Gasteiger partial charge in [0.2, 0.25) is 0 Å². The topological polar surface area (TPSA) is 30.5 Å². The van der Waals surface area contributed by atoms with E-state index in [0.29, 0.717) is 6.10 Å². The molecule has 0 bridgehead atoms. The van der Waals surface area contributed by atoms with Crippen molar-refractivity contribution in [1.29, 1.82) is 0 Å². The molecule has 0 saturated carbocycles. The van der Waals surface area contributed by atoms with Crippen LogP contribution in [-0.2, 0) is 0 Å². The first kappa shape index (κ1) is 11.3. The molecule has 0 unspecified atom stereocenters. The lowest BCUT2D eigenvalue weighted by Gasteiger charge is -2.24. The molecule has 16 heavy (non-hydrogen) atoms. The predicted octanol–water partition coefficient (Wildman–Crippen LogP) is 2.13. The zero-order valence-corrected chi connectivity index (χ0v) is 9.95. The van der Waals surface area contributed by atoms with Gasteiger partial charge < -0.3 is 14.8 Å². The zero-order chi connectivity index (χ0) is 11.4. The van der Waals surface area contributed by atoms with Gasteiger partial charge in [-0.1, -0.05) is 0 Å². The molecule has 0 aromatic heterocycles. The minimum atomic E-state index is 0.341. The van der Waals surface area contributed by atoms with Crippen molar-refractivity contribution in [2.24, 2.45) is 0 Å². The Morgan fingerprint density at radius 2 is 1.81 bits per heavy atom. The molecule has 0 atom stereocenters. The molecule has 88 valence electrons. The Labute approximate surface area is 96.8 Å². The summed E-state index contributed by atoms with van der Waals surface area (Å²) >= 11 is 0. The highest BCUT2D eigenvalue weighted by molar-refractivity contribution is 5.37. The number of rotatable bonds is 3. The van der Waals surface area contributed by atoms with Crippen LogP contribution < -0.4 is 14.8 Å². The Bertz CT molecular complexity index is 346. The minimum absolute atomic E-state index is 0.341. The lowest BCUT2D eigenvalue weighted by atomic mass is 10.1. The number of aryl methyl sites for hydroxylation is 1. The molecule has 1 aliphatic heterocycles. The smallest absolute Gasteiger partial charge is 0.123 e. The standard InChI is InChI=1S/C13H19NO2/c1-10-7-12(15-2)9-13(8-10)16-11-3-5-14-6-4-11/h7-9,11,14H,3-6H2,1-2H3.